The van der Waals surface area contributed by atoms with E-state index in [1.165, 1.54) is 18.2 Å². The number of hydrogen-bond donors (Lipinski definition) is 2. The number of amides is 1. The number of ether oxygens (including phenoxy) is 1. The number of hydrogen-bond acceptors (Lipinski definition) is 2. The van der Waals surface area contributed by atoms with E-state index in [0.717, 1.165) is 12.0 Å². The summed E-state index contributed by atoms with van der Waals surface area (Å²) in [6.45, 7) is 6.21. The molecule has 1 atom stereocenters. The van der Waals surface area contributed by atoms with E-state index in [2.05, 4.69) is 5.32 Å². The van der Waals surface area contributed by atoms with Crippen LogP contribution >= 0.6 is 0 Å². The first-order valence-corrected chi connectivity index (χ1v) is 8.97. The minimum absolute atomic E-state index is 0.147. The average molecular weight is 375 g/mol. The second kappa shape index (κ2) is 7.18. The smallest absolute Gasteiger partial charge is 0.405 e. The molecule has 1 aliphatic rings. The molecule has 2 aromatic rings. The molecular formula is C21H23F2NO3. The second-order valence-electron chi connectivity index (χ2n) is 7.57. The van der Waals surface area contributed by atoms with Crippen LogP contribution in [0.2, 0.25) is 0 Å². The third kappa shape index (κ3) is 3.75. The molecule has 0 saturated carbocycles. The monoisotopic (exact) mass is 375 g/mol. The molecule has 4 nitrogen and oxygen atoms in total. The third-order valence-corrected chi connectivity index (χ3v) is 4.94. The molecule has 0 aromatic heterocycles. The van der Waals surface area contributed by atoms with Gasteiger partial charge in [-0.15, -0.1) is 0 Å². The van der Waals surface area contributed by atoms with Crippen LogP contribution in [0.5, 0.6) is 5.75 Å². The van der Waals surface area contributed by atoms with Gasteiger partial charge in [-0.3, -0.25) is 0 Å². The van der Waals surface area contributed by atoms with E-state index in [-0.39, 0.29) is 11.2 Å². The fraction of sp³-hybridized carbons (Fsp3) is 0.381. The van der Waals surface area contributed by atoms with Gasteiger partial charge < -0.3 is 15.2 Å². The van der Waals surface area contributed by atoms with E-state index in [1.807, 2.05) is 20.8 Å². The summed E-state index contributed by atoms with van der Waals surface area (Å²) in [5.74, 6) is -0.897. The van der Waals surface area contributed by atoms with Crippen molar-refractivity contribution in [1.29, 1.82) is 0 Å². The Hall–Kier alpha value is -2.63. The van der Waals surface area contributed by atoms with Crippen molar-refractivity contribution in [2.45, 2.75) is 39.7 Å². The molecule has 3 rings (SSSR count). The lowest BCUT2D eigenvalue weighted by Crippen LogP contribution is -2.34. The quantitative estimate of drug-likeness (QED) is 0.744. The van der Waals surface area contributed by atoms with E-state index in [1.54, 1.807) is 12.1 Å². The summed E-state index contributed by atoms with van der Waals surface area (Å²) < 4.78 is 34.4. The highest BCUT2D eigenvalue weighted by molar-refractivity contribution is 5.69. The number of nitrogens with one attached hydrogen (secondary N) is 1. The first kappa shape index (κ1) is 19.1. The van der Waals surface area contributed by atoms with Crippen molar-refractivity contribution >= 4 is 6.09 Å². The topological polar surface area (TPSA) is 58.6 Å². The SMILES string of the molecule is CCCOc1ccc(-c2cc3c(cc2F)[C@H](NC(=O)O)C(C)(C)C3)cc1F. The number of fused-ring (bicyclic) bond motifs is 1. The highest BCUT2D eigenvalue weighted by Gasteiger charge is 2.40. The van der Waals surface area contributed by atoms with Crippen LogP contribution in [0.25, 0.3) is 11.1 Å². The van der Waals surface area contributed by atoms with Crippen molar-refractivity contribution in [2.75, 3.05) is 6.61 Å². The number of halogens is 2. The molecule has 0 saturated heterocycles. The summed E-state index contributed by atoms with van der Waals surface area (Å²) >= 11 is 0. The van der Waals surface area contributed by atoms with Gasteiger partial charge in [0, 0.05) is 5.56 Å². The number of carbonyl (C=O) groups is 1. The number of carboxylic acid groups (broad SMARTS) is 1. The zero-order valence-corrected chi connectivity index (χ0v) is 15.6. The molecule has 0 heterocycles. The lowest BCUT2D eigenvalue weighted by atomic mass is 9.85. The molecule has 2 aromatic carbocycles. The summed E-state index contributed by atoms with van der Waals surface area (Å²) in [5, 5.41) is 11.6. The van der Waals surface area contributed by atoms with Crippen molar-refractivity contribution in [3.63, 3.8) is 0 Å². The van der Waals surface area contributed by atoms with Crippen molar-refractivity contribution in [1.82, 2.24) is 5.32 Å². The van der Waals surface area contributed by atoms with Gasteiger partial charge in [0.2, 0.25) is 0 Å². The first-order chi connectivity index (χ1) is 12.7. The van der Waals surface area contributed by atoms with E-state index in [4.69, 9.17) is 9.84 Å². The lowest BCUT2D eigenvalue weighted by molar-refractivity contribution is 0.175. The second-order valence-corrected chi connectivity index (χ2v) is 7.57. The standard InChI is InChI=1S/C21H23F2NO3/c1-4-7-27-18-6-5-12(9-17(18)23)14-8-13-11-21(2,3)19(24-20(25)26)15(13)10-16(14)22/h5-6,8-10,19,24H,4,7,11H2,1-3H3,(H,25,26)/t19-/m0/s1. The fourth-order valence-corrected chi connectivity index (χ4v) is 3.68. The largest absolute Gasteiger partial charge is 0.491 e. The molecule has 0 radical (unpaired) electrons. The Morgan fingerprint density at radius 3 is 2.63 bits per heavy atom. The summed E-state index contributed by atoms with van der Waals surface area (Å²) in [5.41, 5.74) is 1.83. The van der Waals surface area contributed by atoms with Crippen molar-refractivity contribution in [2.24, 2.45) is 5.41 Å². The van der Waals surface area contributed by atoms with Gasteiger partial charge in [0.1, 0.15) is 5.82 Å². The van der Waals surface area contributed by atoms with E-state index < -0.39 is 23.8 Å². The minimum Gasteiger partial charge on any atom is -0.491 e. The van der Waals surface area contributed by atoms with Gasteiger partial charge in [-0.05, 0) is 59.2 Å². The zero-order valence-electron chi connectivity index (χ0n) is 15.6. The Kier molecular flexibility index (Phi) is 5.09. The molecule has 0 unspecified atom stereocenters. The van der Waals surface area contributed by atoms with Crippen molar-refractivity contribution in [3.05, 3.63) is 53.1 Å². The maximum absolute atomic E-state index is 14.8. The average Bonchev–Trinajstić information content (AvgIpc) is 2.82. The molecule has 27 heavy (non-hydrogen) atoms. The molecule has 2 N–H and O–H groups in total. The normalized spacial score (nSPS) is 17.4. The number of rotatable bonds is 5. The lowest BCUT2D eigenvalue weighted by Gasteiger charge is -2.27. The predicted octanol–water partition coefficient (Wildman–Crippen LogP) is 5.31. The van der Waals surface area contributed by atoms with Crippen LogP contribution in [0, 0.1) is 17.0 Å². The molecule has 0 fully saturated rings. The van der Waals surface area contributed by atoms with Crippen molar-refractivity contribution < 1.29 is 23.4 Å². The third-order valence-electron chi connectivity index (χ3n) is 4.94. The minimum atomic E-state index is -1.14. The van der Waals surface area contributed by atoms with Gasteiger partial charge in [-0.2, -0.15) is 0 Å². The van der Waals surface area contributed by atoms with Gasteiger partial charge in [0.25, 0.3) is 0 Å². The van der Waals surface area contributed by atoms with Gasteiger partial charge in [-0.25, -0.2) is 13.6 Å². The highest BCUT2D eigenvalue weighted by Crippen LogP contribution is 2.47. The maximum Gasteiger partial charge on any atom is 0.405 e. The van der Waals surface area contributed by atoms with Crippen LogP contribution in [0.1, 0.15) is 44.4 Å². The van der Waals surface area contributed by atoms with Gasteiger partial charge in [0.15, 0.2) is 11.6 Å². The molecule has 0 bridgehead atoms. The highest BCUT2D eigenvalue weighted by atomic mass is 19.1. The molecule has 0 spiro atoms. The number of benzene rings is 2. The maximum atomic E-state index is 14.8. The van der Waals surface area contributed by atoms with E-state index in [9.17, 15) is 13.6 Å². The van der Waals surface area contributed by atoms with Crippen LogP contribution in [-0.2, 0) is 6.42 Å². The summed E-state index contributed by atoms with van der Waals surface area (Å²) in [7, 11) is 0. The Bertz CT molecular complexity index is 880. The Morgan fingerprint density at radius 1 is 1.26 bits per heavy atom. The molecular weight excluding hydrogens is 352 g/mol. The van der Waals surface area contributed by atoms with Gasteiger partial charge in [-0.1, -0.05) is 26.8 Å². The molecule has 144 valence electrons. The zero-order chi connectivity index (χ0) is 19.8. The Balaban J connectivity index is 1.98. The van der Waals surface area contributed by atoms with Crippen LogP contribution in [-0.4, -0.2) is 17.8 Å². The summed E-state index contributed by atoms with van der Waals surface area (Å²) in [6, 6.07) is 6.96. The molecule has 6 heteroatoms. The van der Waals surface area contributed by atoms with Crippen molar-refractivity contribution in [3.8, 4) is 16.9 Å². The van der Waals surface area contributed by atoms with E-state index >= 15 is 0 Å². The predicted molar refractivity (Wildman–Crippen MR) is 99.0 cm³/mol. The molecule has 1 amide bonds. The van der Waals surface area contributed by atoms with Crippen LogP contribution in [0.15, 0.2) is 30.3 Å². The van der Waals surface area contributed by atoms with Gasteiger partial charge >= 0.3 is 6.09 Å². The fourth-order valence-electron chi connectivity index (χ4n) is 3.68. The van der Waals surface area contributed by atoms with E-state index in [0.29, 0.717) is 29.7 Å². The van der Waals surface area contributed by atoms with Crippen LogP contribution in [0.4, 0.5) is 13.6 Å². The Morgan fingerprint density at radius 2 is 2.00 bits per heavy atom. The Labute approximate surface area is 157 Å². The molecule has 1 aliphatic carbocycles. The summed E-state index contributed by atoms with van der Waals surface area (Å²) in [6.07, 6.45) is 0.220. The van der Waals surface area contributed by atoms with Crippen LogP contribution in [0.3, 0.4) is 0 Å². The van der Waals surface area contributed by atoms with Crippen LogP contribution < -0.4 is 10.1 Å². The molecule has 0 aliphatic heterocycles. The first-order valence-electron chi connectivity index (χ1n) is 8.97. The summed E-state index contributed by atoms with van der Waals surface area (Å²) in [4.78, 5) is 11.1. The van der Waals surface area contributed by atoms with Gasteiger partial charge in [0.05, 0.1) is 12.6 Å².